The molecule has 0 fully saturated rings. The lowest BCUT2D eigenvalue weighted by molar-refractivity contribution is -0.141. The molecule has 2 amide bonds. The van der Waals surface area contributed by atoms with Gasteiger partial charge in [-0.15, -0.1) is 0 Å². The number of benzene rings is 3. The van der Waals surface area contributed by atoms with Crippen molar-refractivity contribution in [3.63, 3.8) is 0 Å². The van der Waals surface area contributed by atoms with Gasteiger partial charge in [0.15, 0.2) is 0 Å². The number of carbonyl (C=O) groups is 2. The molecule has 7 heteroatoms. The number of methoxy groups -OCH3 is 1. The second-order valence-electron chi connectivity index (χ2n) is 9.13. The van der Waals surface area contributed by atoms with Crippen molar-refractivity contribution in [1.29, 1.82) is 0 Å². The maximum Gasteiger partial charge on any atom is 0.243 e. The van der Waals surface area contributed by atoms with Gasteiger partial charge in [-0.2, -0.15) is 0 Å². The SMILES string of the molecule is CCCCNC(=O)C(Cc1ccccc1)N(Cc1ccc(F)cc1)C(=O)CCCOc1ccc(OC)cc1. The Kier molecular flexibility index (Phi) is 11.6. The molecule has 0 heterocycles. The van der Waals surface area contributed by atoms with Crippen molar-refractivity contribution in [3.05, 3.63) is 95.8 Å². The Bertz CT molecular complexity index is 1120. The highest BCUT2D eigenvalue weighted by atomic mass is 19.1. The van der Waals surface area contributed by atoms with Crippen LogP contribution in [0.3, 0.4) is 0 Å². The van der Waals surface area contributed by atoms with Crippen molar-refractivity contribution < 1.29 is 23.5 Å². The Morgan fingerprint density at radius 1 is 0.895 bits per heavy atom. The van der Waals surface area contributed by atoms with Crippen LogP contribution < -0.4 is 14.8 Å². The third-order valence-corrected chi connectivity index (χ3v) is 6.23. The highest BCUT2D eigenvalue weighted by Crippen LogP contribution is 2.19. The van der Waals surface area contributed by atoms with Crippen molar-refractivity contribution in [2.75, 3.05) is 20.3 Å². The van der Waals surface area contributed by atoms with Crippen LogP contribution in [0.25, 0.3) is 0 Å². The van der Waals surface area contributed by atoms with Crippen molar-refractivity contribution in [3.8, 4) is 11.5 Å². The van der Waals surface area contributed by atoms with Gasteiger partial charge >= 0.3 is 0 Å². The van der Waals surface area contributed by atoms with E-state index in [-0.39, 0.29) is 30.6 Å². The van der Waals surface area contributed by atoms with Crippen LogP contribution in [0.15, 0.2) is 78.9 Å². The zero-order valence-electron chi connectivity index (χ0n) is 22.2. The first kappa shape index (κ1) is 28.7. The minimum atomic E-state index is -0.700. The van der Waals surface area contributed by atoms with Gasteiger partial charge in [0, 0.05) is 25.9 Å². The van der Waals surface area contributed by atoms with Crippen molar-refractivity contribution in [2.24, 2.45) is 0 Å². The van der Waals surface area contributed by atoms with Crippen LogP contribution in [-0.4, -0.2) is 43.0 Å². The van der Waals surface area contributed by atoms with E-state index >= 15 is 0 Å². The second-order valence-corrected chi connectivity index (χ2v) is 9.13. The summed E-state index contributed by atoms with van der Waals surface area (Å²) >= 11 is 0. The minimum Gasteiger partial charge on any atom is -0.497 e. The lowest BCUT2D eigenvalue weighted by atomic mass is 10.0. The number of carbonyl (C=O) groups excluding carboxylic acids is 2. The van der Waals surface area contributed by atoms with E-state index in [4.69, 9.17) is 9.47 Å². The summed E-state index contributed by atoms with van der Waals surface area (Å²) in [5.41, 5.74) is 1.72. The highest BCUT2D eigenvalue weighted by Gasteiger charge is 2.30. The van der Waals surface area contributed by atoms with Crippen LogP contribution in [-0.2, 0) is 22.6 Å². The number of unbranched alkanes of at least 4 members (excludes halogenated alkanes) is 1. The molecule has 0 aromatic heterocycles. The Morgan fingerprint density at radius 3 is 2.24 bits per heavy atom. The van der Waals surface area contributed by atoms with E-state index in [1.807, 2.05) is 54.6 Å². The Morgan fingerprint density at radius 2 is 1.58 bits per heavy atom. The van der Waals surface area contributed by atoms with Crippen molar-refractivity contribution >= 4 is 11.8 Å². The van der Waals surface area contributed by atoms with E-state index in [0.717, 1.165) is 29.7 Å². The predicted octanol–water partition coefficient (Wildman–Crippen LogP) is 5.55. The highest BCUT2D eigenvalue weighted by molar-refractivity contribution is 5.88. The number of hydrogen-bond donors (Lipinski definition) is 1. The van der Waals surface area contributed by atoms with E-state index in [0.29, 0.717) is 31.7 Å². The fraction of sp³-hybridized carbons (Fsp3) is 0.355. The van der Waals surface area contributed by atoms with Gasteiger partial charge in [0.25, 0.3) is 0 Å². The summed E-state index contributed by atoms with van der Waals surface area (Å²) in [6.45, 7) is 3.17. The summed E-state index contributed by atoms with van der Waals surface area (Å²) < 4.78 is 24.5. The van der Waals surface area contributed by atoms with Crippen LogP contribution >= 0.6 is 0 Å². The van der Waals surface area contributed by atoms with E-state index in [1.54, 1.807) is 24.1 Å². The molecule has 6 nitrogen and oxygen atoms in total. The first-order valence-electron chi connectivity index (χ1n) is 13.1. The molecule has 3 aromatic carbocycles. The fourth-order valence-electron chi connectivity index (χ4n) is 4.08. The minimum absolute atomic E-state index is 0.153. The molecule has 202 valence electrons. The van der Waals surface area contributed by atoms with Crippen molar-refractivity contribution in [1.82, 2.24) is 10.2 Å². The predicted molar refractivity (Wildman–Crippen MR) is 147 cm³/mol. The molecule has 0 aliphatic carbocycles. The maximum absolute atomic E-state index is 13.6. The molecular formula is C31H37FN2O4. The average molecular weight is 521 g/mol. The van der Waals surface area contributed by atoms with Crippen LogP contribution in [0.1, 0.15) is 43.7 Å². The Hall–Kier alpha value is -3.87. The number of amides is 2. The van der Waals surface area contributed by atoms with Crippen LogP contribution in [0.5, 0.6) is 11.5 Å². The molecule has 0 aliphatic rings. The summed E-state index contributed by atoms with van der Waals surface area (Å²) in [5, 5.41) is 3.00. The molecule has 0 radical (unpaired) electrons. The van der Waals surface area contributed by atoms with Gasteiger partial charge in [0.05, 0.1) is 13.7 Å². The molecule has 1 atom stereocenters. The zero-order chi connectivity index (χ0) is 27.2. The van der Waals surface area contributed by atoms with Gasteiger partial charge in [-0.1, -0.05) is 55.8 Å². The quantitative estimate of drug-likeness (QED) is 0.267. The molecule has 3 rings (SSSR count). The van der Waals surface area contributed by atoms with Gasteiger partial charge in [-0.3, -0.25) is 9.59 Å². The maximum atomic E-state index is 13.6. The van der Waals surface area contributed by atoms with E-state index in [2.05, 4.69) is 12.2 Å². The summed E-state index contributed by atoms with van der Waals surface area (Å²) in [6, 6.07) is 22.3. The molecule has 0 bridgehead atoms. The molecule has 3 aromatic rings. The number of nitrogens with one attached hydrogen (secondary N) is 1. The van der Waals surface area contributed by atoms with Crippen molar-refractivity contribution in [2.45, 2.75) is 51.6 Å². The van der Waals surface area contributed by atoms with E-state index in [9.17, 15) is 14.0 Å². The Balaban J connectivity index is 1.75. The van der Waals surface area contributed by atoms with Crippen LogP contribution in [0.2, 0.25) is 0 Å². The van der Waals surface area contributed by atoms with Gasteiger partial charge in [0.1, 0.15) is 23.4 Å². The number of hydrogen-bond acceptors (Lipinski definition) is 4. The lowest BCUT2D eigenvalue weighted by Crippen LogP contribution is -2.50. The summed E-state index contributed by atoms with van der Waals surface area (Å²) in [7, 11) is 1.61. The molecule has 38 heavy (non-hydrogen) atoms. The van der Waals surface area contributed by atoms with E-state index < -0.39 is 6.04 Å². The average Bonchev–Trinajstić information content (AvgIpc) is 2.95. The third-order valence-electron chi connectivity index (χ3n) is 6.23. The number of rotatable bonds is 15. The lowest BCUT2D eigenvalue weighted by Gasteiger charge is -2.31. The van der Waals surface area contributed by atoms with E-state index in [1.165, 1.54) is 12.1 Å². The standard InChI is InChI=1S/C31H37FN2O4/c1-3-4-20-33-31(36)29(22-24-9-6-5-7-10-24)34(23-25-12-14-26(32)15-13-25)30(35)11-8-21-38-28-18-16-27(37-2)17-19-28/h5-7,9-10,12-19,29H,3-4,8,11,20-23H2,1-2H3,(H,33,36). The molecule has 0 saturated heterocycles. The summed E-state index contributed by atoms with van der Waals surface area (Å²) in [5.74, 6) is 0.747. The summed E-state index contributed by atoms with van der Waals surface area (Å²) in [4.78, 5) is 28.6. The molecular weight excluding hydrogens is 483 g/mol. The topological polar surface area (TPSA) is 67.9 Å². The number of halogens is 1. The first-order valence-corrected chi connectivity index (χ1v) is 13.1. The summed E-state index contributed by atoms with van der Waals surface area (Å²) in [6.07, 6.45) is 2.90. The third kappa shape index (κ3) is 9.21. The van der Waals surface area contributed by atoms with Crippen LogP contribution in [0, 0.1) is 5.82 Å². The number of nitrogens with zero attached hydrogens (tertiary/aromatic N) is 1. The largest absolute Gasteiger partial charge is 0.497 e. The monoisotopic (exact) mass is 520 g/mol. The van der Waals surface area contributed by atoms with Gasteiger partial charge in [0.2, 0.25) is 11.8 Å². The van der Waals surface area contributed by atoms with Gasteiger partial charge in [-0.25, -0.2) is 4.39 Å². The molecule has 0 aliphatic heterocycles. The van der Waals surface area contributed by atoms with Gasteiger partial charge < -0.3 is 19.7 Å². The molecule has 0 saturated carbocycles. The normalized spacial score (nSPS) is 11.4. The zero-order valence-corrected chi connectivity index (χ0v) is 22.2. The van der Waals surface area contributed by atoms with Crippen LogP contribution in [0.4, 0.5) is 4.39 Å². The smallest absolute Gasteiger partial charge is 0.243 e. The molecule has 0 spiro atoms. The molecule has 1 unspecified atom stereocenters. The Labute approximate surface area is 224 Å². The molecule has 1 N–H and O–H groups in total. The van der Waals surface area contributed by atoms with Gasteiger partial charge in [-0.05, 0) is 60.4 Å². The number of ether oxygens (including phenoxy) is 2. The fourth-order valence-corrected chi connectivity index (χ4v) is 4.08. The first-order chi connectivity index (χ1) is 18.5. The second kappa shape index (κ2) is 15.4.